The van der Waals surface area contributed by atoms with E-state index in [4.69, 9.17) is 39.3 Å². The van der Waals surface area contributed by atoms with Crippen LogP contribution in [0.1, 0.15) is 153 Å². The highest BCUT2D eigenvalue weighted by atomic mass is 32.2. The van der Waals surface area contributed by atoms with Crippen LogP contribution >= 0.6 is 0 Å². The standard InChI is InChI=1S/C22H32O3.C21H32N2O4.C7H8O3S/c1-20(2,3)19-11-15-22(16-12-19)23-21(24-25-22)13-9-18(10-14-21)17-7-5-4-6-8-17;22-18(24)3-6-23-12-13-1-4-20(5-2-13)25-21(27-26-20)16-8-14-7-15-9-17(21)11-19(14,15)10-16;1-6-2-4-7(5-3-6)11(8,9)10/h4-8,18-19H,9-16H2,1-3H3;13-17,23H,1-12H2,(H2,22,24);2-5H,1H3,(H,8,9,10). The molecule has 1 amide bonds. The third-order valence-electron chi connectivity index (χ3n) is 17.3. The van der Waals surface area contributed by atoms with Crippen molar-refractivity contribution in [2.75, 3.05) is 13.1 Å². The summed E-state index contributed by atoms with van der Waals surface area (Å²) in [6, 6.07) is 16.8. The molecule has 13 heteroatoms. The topological polar surface area (TPSA) is 165 Å². The second kappa shape index (κ2) is 17.3. The summed E-state index contributed by atoms with van der Waals surface area (Å²) in [5, 5.41) is 3.36. The first-order valence-electron chi connectivity index (χ1n) is 24.2. The molecule has 5 spiro atoms. The first kappa shape index (κ1) is 45.7. The Labute approximate surface area is 375 Å². The summed E-state index contributed by atoms with van der Waals surface area (Å²) in [6.07, 6.45) is 19.3. The van der Waals surface area contributed by atoms with Gasteiger partial charge in [0.05, 0.1) is 4.90 Å². The quantitative estimate of drug-likeness (QED) is 0.138. The second-order valence-electron chi connectivity index (χ2n) is 22.1. The molecule has 4 N–H and O–H groups in total. The molecule has 2 heterocycles. The fraction of sp³-hybridized carbons (Fsp3) is 0.740. The molecule has 2 saturated heterocycles. The number of amides is 1. The fourth-order valence-corrected chi connectivity index (χ4v) is 14.0. The lowest BCUT2D eigenvalue weighted by Crippen LogP contribution is -2.50. The van der Waals surface area contributed by atoms with E-state index in [-0.39, 0.29) is 10.8 Å². The summed E-state index contributed by atoms with van der Waals surface area (Å²) in [7, 11) is -4.02. The molecular formula is C50H72N2O10S. The number of carbonyl (C=O) groups is 1. The van der Waals surface area contributed by atoms with Gasteiger partial charge >= 0.3 is 0 Å². The molecule has 4 atom stereocenters. The van der Waals surface area contributed by atoms with Gasteiger partial charge in [0.2, 0.25) is 29.1 Å². The van der Waals surface area contributed by atoms with Crippen LogP contribution in [0.25, 0.3) is 0 Å². The number of hydrogen-bond acceptors (Lipinski definition) is 10. The molecule has 2 aromatic rings. The number of ether oxygens (including phenoxy) is 2. The van der Waals surface area contributed by atoms with Gasteiger partial charge in [-0.3, -0.25) is 9.35 Å². The number of nitrogens with two attached hydrogens (primary N) is 1. The highest BCUT2D eigenvalue weighted by Gasteiger charge is 2.77. The van der Waals surface area contributed by atoms with Crippen LogP contribution in [0.15, 0.2) is 59.5 Å². The minimum atomic E-state index is -4.02. The van der Waals surface area contributed by atoms with E-state index in [1.165, 1.54) is 49.8 Å². The first-order valence-corrected chi connectivity index (χ1v) is 25.6. The van der Waals surface area contributed by atoms with E-state index in [1.54, 1.807) is 12.1 Å². The predicted molar refractivity (Wildman–Crippen MR) is 236 cm³/mol. The molecule has 63 heavy (non-hydrogen) atoms. The summed E-state index contributed by atoms with van der Waals surface area (Å²) in [5.74, 6) is 2.74. The Balaban J connectivity index is 0.000000130. The zero-order chi connectivity index (χ0) is 44.3. The first-order chi connectivity index (χ1) is 29.9. The molecule has 9 aliphatic rings. The maximum Gasteiger partial charge on any atom is 0.294 e. The van der Waals surface area contributed by atoms with Gasteiger partial charge in [-0.2, -0.15) is 28.0 Å². The molecule has 7 saturated carbocycles. The number of fused-ring (bicyclic) bond motifs is 4. The van der Waals surface area contributed by atoms with Gasteiger partial charge in [0.15, 0.2) is 0 Å². The number of primary amides is 1. The predicted octanol–water partition coefficient (Wildman–Crippen LogP) is 9.66. The van der Waals surface area contributed by atoms with Gasteiger partial charge in [-0.1, -0.05) is 68.8 Å². The lowest BCUT2D eigenvalue weighted by Gasteiger charge is -2.49. The summed E-state index contributed by atoms with van der Waals surface area (Å²) < 4.78 is 42.9. The van der Waals surface area contributed by atoms with E-state index in [0.29, 0.717) is 47.5 Å². The molecule has 3 bridgehead atoms. The van der Waals surface area contributed by atoms with Gasteiger partial charge in [0.25, 0.3) is 10.1 Å². The Kier molecular flexibility index (Phi) is 12.6. The van der Waals surface area contributed by atoms with Gasteiger partial charge in [-0.25, -0.2) is 0 Å². The van der Waals surface area contributed by atoms with Gasteiger partial charge in [-0.15, -0.1) is 0 Å². The molecule has 2 aromatic carbocycles. The monoisotopic (exact) mass is 892 g/mol. The number of nitrogens with one attached hydrogen (secondary N) is 1. The van der Waals surface area contributed by atoms with Crippen molar-refractivity contribution in [3.63, 3.8) is 0 Å². The molecule has 348 valence electrons. The van der Waals surface area contributed by atoms with E-state index in [9.17, 15) is 13.2 Å². The lowest BCUT2D eigenvalue weighted by atomic mass is 9.56. The van der Waals surface area contributed by atoms with Crippen LogP contribution in [-0.4, -0.2) is 55.1 Å². The number of benzene rings is 2. The van der Waals surface area contributed by atoms with Crippen molar-refractivity contribution < 1.29 is 46.8 Å². The van der Waals surface area contributed by atoms with E-state index in [2.05, 4.69) is 56.4 Å². The third kappa shape index (κ3) is 9.18. The maximum absolute atomic E-state index is 10.8. The second-order valence-corrected chi connectivity index (χ2v) is 23.5. The minimum Gasteiger partial charge on any atom is -0.370 e. The summed E-state index contributed by atoms with van der Waals surface area (Å²) in [5.41, 5.74) is 8.62. The Morgan fingerprint density at radius 1 is 0.730 bits per heavy atom. The van der Waals surface area contributed by atoms with Crippen LogP contribution in [0.2, 0.25) is 0 Å². The fourth-order valence-electron chi connectivity index (χ4n) is 13.6. The Bertz CT molecular complexity index is 1990. The van der Waals surface area contributed by atoms with Crippen molar-refractivity contribution in [1.82, 2.24) is 5.32 Å². The van der Waals surface area contributed by atoms with Crippen molar-refractivity contribution in [3.8, 4) is 0 Å². The Morgan fingerprint density at radius 3 is 1.81 bits per heavy atom. The van der Waals surface area contributed by atoms with Gasteiger partial charge in [-0.05, 0) is 142 Å². The molecule has 2 aliphatic heterocycles. The smallest absolute Gasteiger partial charge is 0.294 e. The lowest BCUT2D eigenvalue weighted by molar-refractivity contribution is -0.375. The molecule has 12 nitrogen and oxygen atoms in total. The Morgan fingerprint density at radius 2 is 1.25 bits per heavy atom. The molecule has 0 radical (unpaired) electrons. The van der Waals surface area contributed by atoms with E-state index >= 15 is 0 Å². The van der Waals surface area contributed by atoms with Gasteiger partial charge in [0, 0.05) is 63.3 Å². The van der Waals surface area contributed by atoms with E-state index in [1.807, 2.05) is 6.92 Å². The van der Waals surface area contributed by atoms with Crippen LogP contribution in [0, 0.1) is 53.3 Å². The van der Waals surface area contributed by atoms with Crippen molar-refractivity contribution in [2.45, 2.75) is 177 Å². The van der Waals surface area contributed by atoms with Crippen LogP contribution in [0.5, 0.6) is 0 Å². The van der Waals surface area contributed by atoms with E-state index in [0.717, 1.165) is 107 Å². The molecule has 0 aromatic heterocycles. The molecule has 9 fully saturated rings. The largest absolute Gasteiger partial charge is 0.370 e. The SMILES string of the molecule is CC(C)(C)C1CCC2(CC1)OOC1(CCC(c3ccccc3)CC1)O2.Cc1ccc(S(=O)(=O)O)cc1.NC(=O)CCNCC1CCC2(CC1)OOC1(O2)C2CC3CC4CC1CC34C2. The van der Waals surface area contributed by atoms with Crippen LogP contribution < -0.4 is 11.1 Å². The highest BCUT2D eigenvalue weighted by molar-refractivity contribution is 7.85. The average Bonchev–Trinajstić information content (AvgIpc) is 3.95. The molecule has 11 rings (SSSR count). The highest BCUT2D eigenvalue weighted by Crippen LogP contribution is 2.79. The third-order valence-corrected chi connectivity index (χ3v) is 18.1. The number of aryl methyl sites for hydroxylation is 1. The zero-order valence-corrected chi connectivity index (χ0v) is 38.8. The maximum atomic E-state index is 10.8. The molecule has 7 aliphatic carbocycles. The normalized spacial score (nSPS) is 40.9. The minimum absolute atomic E-state index is 0.0666. The van der Waals surface area contributed by atoms with E-state index < -0.39 is 33.3 Å². The number of carbonyl (C=O) groups excluding carboxylic acids is 1. The van der Waals surface area contributed by atoms with Crippen molar-refractivity contribution in [2.24, 2.45) is 52.1 Å². The summed E-state index contributed by atoms with van der Waals surface area (Å²) >= 11 is 0. The van der Waals surface area contributed by atoms with Crippen molar-refractivity contribution in [1.29, 1.82) is 0 Å². The number of hydrogen-bond donors (Lipinski definition) is 3. The molecular weight excluding hydrogens is 821 g/mol. The van der Waals surface area contributed by atoms with Gasteiger partial charge < -0.3 is 20.5 Å². The zero-order valence-electron chi connectivity index (χ0n) is 38.0. The van der Waals surface area contributed by atoms with Crippen LogP contribution in [0.4, 0.5) is 0 Å². The van der Waals surface area contributed by atoms with Crippen molar-refractivity contribution >= 4 is 16.0 Å². The number of rotatable bonds is 7. The summed E-state index contributed by atoms with van der Waals surface area (Å²) in [6.45, 7) is 10.5. The van der Waals surface area contributed by atoms with Crippen LogP contribution in [0.3, 0.4) is 0 Å². The molecule has 4 unspecified atom stereocenters. The van der Waals surface area contributed by atoms with Gasteiger partial charge in [0.1, 0.15) is 0 Å². The van der Waals surface area contributed by atoms with Crippen molar-refractivity contribution in [3.05, 3.63) is 65.7 Å². The summed E-state index contributed by atoms with van der Waals surface area (Å²) in [4.78, 5) is 34.7. The Hall–Kier alpha value is -2.46. The average molecular weight is 893 g/mol. The van der Waals surface area contributed by atoms with Crippen LogP contribution in [-0.2, 0) is 43.9 Å².